The maximum absolute atomic E-state index is 4.38. The number of halogens is 1. The Hall–Kier alpha value is -0.160. The molecule has 1 aliphatic rings. The van der Waals surface area contributed by atoms with Crippen LogP contribution in [0.3, 0.4) is 0 Å². The normalized spacial score (nSPS) is 23.5. The van der Waals surface area contributed by atoms with Crippen LogP contribution >= 0.6 is 27.5 Å². The van der Waals surface area contributed by atoms with E-state index in [1.54, 1.807) is 0 Å². The Labute approximate surface area is 90.5 Å². The molecule has 1 atom stereocenters. The molecule has 0 radical (unpaired) electrons. The molecular weight excluding hydrogens is 250 g/mol. The van der Waals surface area contributed by atoms with E-state index in [1.807, 2.05) is 6.92 Å². The number of rotatable bonds is 1. The lowest BCUT2D eigenvalue weighted by Crippen LogP contribution is -2.35. The molecule has 0 aromatic carbocycles. The lowest BCUT2D eigenvalue weighted by molar-refractivity contribution is 0.594. The Morgan fingerprint density at radius 2 is 2.46 bits per heavy atom. The van der Waals surface area contributed by atoms with Crippen LogP contribution in [0.4, 0.5) is 5.13 Å². The van der Waals surface area contributed by atoms with Gasteiger partial charge >= 0.3 is 0 Å². The second kappa shape index (κ2) is 3.92. The molecule has 0 aliphatic carbocycles. The second-order valence-corrected chi connectivity index (χ2v) is 5.33. The number of hydrogen-bond acceptors (Lipinski definition) is 4. The highest BCUT2D eigenvalue weighted by molar-refractivity contribution is 9.09. The van der Waals surface area contributed by atoms with E-state index in [1.165, 1.54) is 24.4 Å². The van der Waals surface area contributed by atoms with Gasteiger partial charge in [0.15, 0.2) is 0 Å². The predicted molar refractivity (Wildman–Crippen MR) is 58.8 cm³/mol. The quantitative estimate of drug-likeness (QED) is 0.726. The SMILES string of the molecule is Cc1nsc(N2CCCC(Br)C2)n1. The van der Waals surface area contributed by atoms with Crippen molar-refractivity contribution in [2.75, 3.05) is 18.0 Å². The van der Waals surface area contributed by atoms with Gasteiger partial charge in [-0.3, -0.25) is 0 Å². The smallest absolute Gasteiger partial charge is 0.205 e. The van der Waals surface area contributed by atoms with E-state index in [9.17, 15) is 0 Å². The van der Waals surface area contributed by atoms with Gasteiger partial charge < -0.3 is 4.90 Å². The van der Waals surface area contributed by atoms with Gasteiger partial charge in [0.25, 0.3) is 0 Å². The van der Waals surface area contributed by atoms with Crippen LogP contribution in [-0.2, 0) is 0 Å². The third-order valence-corrected chi connectivity index (χ3v) is 3.77. The number of nitrogens with zero attached hydrogens (tertiary/aromatic N) is 3. The lowest BCUT2D eigenvalue weighted by atomic mass is 10.1. The summed E-state index contributed by atoms with van der Waals surface area (Å²) in [6, 6.07) is 0. The fourth-order valence-corrected chi connectivity index (χ4v) is 2.90. The summed E-state index contributed by atoms with van der Waals surface area (Å²) < 4.78 is 4.19. The molecule has 0 spiro atoms. The molecule has 1 aromatic heterocycles. The first-order valence-corrected chi connectivity index (χ1v) is 6.14. The van der Waals surface area contributed by atoms with Crippen LogP contribution in [0.5, 0.6) is 0 Å². The van der Waals surface area contributed by atoms with Gasteiger partial charge in [-0.25, -0.2) is 4.98 Å². The highest BCUT2D eigenvalue weighted by atomic mass is 79.9. The number of hydrogen-bond donors (Lipinski definition) is 0. The minimum atomic E-state index is 0.616. The fraction of sp³-hybridized carbons (Fsp3) is 0.750. The number of aryl methyl sites for hydroxylation is 1. The zero-order valence-corrected chi connectivity index (χ0v) is 9.94. The Bertz CT molecular complexity index is 289. The summed E-state index contributed by atoms with van der Waals surface area (Å²) in [6.07, 6.45) is 2.52. The van der Waals surface area contributed by atoms with E-state index in [-0.39, 0.29) is 0 Å². The number of aromatic nitrogens is 2. The lowest BCUT2D eigenvalue weighted by Gasteiger charge is -2.29. The minimum Gasteiger partial charge on any atom is -0.346 e. The van der Waals surface area contributed by atoms with Crippen LogP contribution in [0.2, 0.25) is 0 Å². The Morgan fingerprint density at radius 3 is 3.08 bits per heavy atom. The summed E-state index contributed by atoms with van der Waals surface area (Å²) in [5.74, 6) is 0.886. The Kier molecular flexibility index (Phi) is 2.83. The zero-order chi connectivity index (χ0) is 9.26. The van der Waals surface area contributed by atoms with Crippen LogP contribution in [0.25, 0.3) is 0 Å². The molecule has 1 aromatic rings. The van der Waals surface area contributed by atoms with E-state index >= 15 is 0 Å². The number of anilines is 1. The molecule has 0 amide bonds. The van der Waals surface area contributed by atoms with E-state index < -0.39 is 0 Å². The molecule has 0 bridgehead atoms. The van der Waals surface area contributed by atoms with E-state index in [2.05, 4.69) is 30.2 Å². The standard InChI is InChI=1S/C8H12BrN3S/c1-6-10-8(13-11-6)12-4-2-3-7(9)5-12/h7H,2-5H2,1H3. The van der Waals surface area contributed by atoms with Gasteiger partial charge in [-0.15, -0.1) is 0 Å². The summed E-state index contributed by atoms with van der Waals surface area (Å²) in [6.45, 7) is 4.13. The van der Waals surface area contributed by atoms with Crippen molar-refractivity contribution in [3.8, 4) is 0 Å². The Morgan fingerprint density at radius 1 is 1.62 bits per heavy atom. The monoisotopic (exact) mass is 261 g/mol. The van der Waals surface area contributed by atoms with Crippen LogP contribution < -0.4 is 4.90 Å². The molecular formula is C8H12BrN3S. The number of alkyl halides is 1. The van der Waals surface area contributed by atoms with Gasteiger partial charge in [0, 0.05) is 29.4 Å². The number of piperidine rings is 1. The fourth-order valence-electron chi connectivity index (χ4n) is 1.51. The first-order chi connectivity index (χ1) is 6.25. The largest absolute Gasteiger partial charge is 0.346 e. The van der Waals surface area contributed by atoms with Gasteiger partial charge in [-0.1, -0.05) is 15.9 Å². The van der Waals surface area contributed by atoms with Gasteiger partial charge in [0.1, 0.15) is 5.82 Å². The second-order valence-electron chi connectivity index (χ2n) is 3.31. The van der Waals surface area contributed by atoms with Crippen molar-refractivity contribution in [1.29, 1.82) is 0 Å². The van der Waals surface area contributed by atoms with Crippen molar-refractivity contribution >= 4 is 32.6 Å². The summed E-state index contributed by atoms with van der Waals surface area (Å²) >= 11 is 5.15. The molecule has 13 heavy (non-hydrogen) atoms. The van der Waals surface area contributed by atoms with E-state index in [0.717, 1.165) is 24.0 Å². The maximum Gasteiger partial charge on any atom is 0.205 e. The summed E-state index contributed by atoms with van der Waals surface area (Å²) in [5.41, 5.74) is 0. The molecule has 72 valence electrons. The van der Waals surface area contributed by atoms with Crippen molar-refractivity contribution < 1.29 is 0 Å². The topological polar surface area (TPSA) is 29.0 Å². The van der Waals surface area contributed by atoms with Crippen molar-refractivity contribution in [2.24, 2.45) is 0 Å². The van der Waals surface area contributed by atoms with Gasteiger partial charge in [-0.2, -0.15) is 4.37 Å². The van der Waals surface area contributed by atoms with Gasteiger partial charge in [0.2, 0.25) is 5.13 Å². The molecule has 3 nitrogen and oxygen atoms in total. The first-order valence-electron chi connectivity index (χ1n) is 4.45. The summed E-state index contributed by atoms with van der Waals surface area (Å²) in [5, 5.41) is 1.07. The van der Waals surface area contributed by atoms with Crippen molar-refractivity contribution in [1.82, 2.24) is 9.36 Å². The van der Waals surface area contributed by atoms with E-state index in [0.29, 0.717) is 4.83 Å². The molecule has 1 unspecified atom stereocenters. The van der Waals surface area contributed by atoms with Crippen LogP contribution in [-0.4, -0.2) is 27.3 Å². The molecule has 5 heteroatoms. The third-order valence-electron chi connectivity index (χ3n) is 2.15. The molecule has 1 fully saturated rings. The van der Waals surface area contributed by atoms with Gasteiger partial charge in [0.05, 0.1) is 0 Å². The van der Waals surface area contributed by atoms with Crippen LogP contribution in [0.1, 0.15) is 18.7 Å². The Balaban J connectivity index is 2.08. The van der Waals surface area contributed by atoms with Crippen molar-refractivity contribution in [2.45, 2.75) is 24.6 Å². The average Bonchev–Trinajstić information content (AvgIpc) is 2.52. The molecule has 0 saturated carbocycles. The zero-order valence-electron chi connectivity index (χ0n) is 7.53. The minimum absolute atomic E-state index is 0.616. The van der Waals surface area contributed by atoms with Crippen LogP contribution in [0.15, 0.2) is 0 Å². The summed E-state index contributed by atoms with van der Waals surface area (Å²) in [7, 11) is 0. The van der Waals surface area contributed by atoms with Crippen LogP contribution in [0, 0.1) is 6.92 Å². The van der Waals surface area contributed by atoms with E-state index in [4.69, 9.17) is 0 Å². The molecule has 2 rings (SSSR count). The summed E-state index contributed by atoms with van der Waals surface area (Å²) in [4.78, 5) is 7.31. The molecule has 1 aliphatic heterocycles. The molecule has 0 N–H and O–H groups in total. The van der Waals surface area contributed by atoms with Crippen molar-refractivity contribution in [3.63, 3.8) is 0 Å². The average molecular weight is 262 g/mol. The maximum atomic E-state index is 4.38. The van der Waals surface area contributed by atoms with Crippen molar-refractivity contribution in [3.05, 3.63) is 5.82 Å². The first kappa shape index (κ1) is 9.40. The molecule has 2 heterocycles. The van der Waals surface area contributed by atoms with Gasteiger partial charge in [-0.05, 0) is 19.8 Å². The molecule has 1 saturated heterocycles. The highest BCUT2D eigenvalue weighted by Crippen LogP contribution is 2.24. The highest BCUT2D eigenvalue weighted by Gasteiger charge is 2.19. The third kappa shape index (κ3) is 2.20. The predicted octanol–water partition coefficient (Wildman–Crippen LogP) is 2.21.